The summed E-state index contributed by atoms with van der Waals surface area (Å²) in [4.78, 5) is 12.4. The molecule has 0 aliphatic carbocycles. The highest BCUT2D eigenvalue weighted by molar-refractivity contribution is 5.95. The van der Waals surface area contributed by atoms with Gasteiger partial charge in [0.2, 0.25) is 0 Å². The normalized spacial score (nSPS) is 13.7. The number of amides is 1. The zero-order chi connectivity index (χ0) is 17.6. The Kier molecular flexibility index (Phi) is 5.28. The smallest absolute Gasteiger partial charge is 0.251 e. The molecule has 6 heteroatoms. The fourth-order valence-electron chi connectivity index (χ4n) is 2.43. The Labute approximate surface area is 146 Å². The first-order valence-corrected chi connectivity index (χ1v) is 8.13. The molecule has 1 aliphatic heterocycles. The zero-order valence-electron chi connectivity index (χ0n) is 14.3. The molecule has 25 heavy (non-hydrogen) atoms. The molecular formula is C19H21NO5. The van der Waals surface area contributed by atoms with Crippen molar-refractivity contribution in [1.29, 1.82) is 0 Å². The summed E-state index contributed by atoms with van der Waals surface area (Å²) >= 11 is 0. The minimum atomic E-state index is -0.178. The Bertz CT molecular complexity index is 729. The lowest BCUT2D eigenvalue weighted by atomic mass is 10.1. The van der Waals surface area contributed by atoms with E-state index in [0.29, 0.717) is 36.9 Å². The third-order valence-corrected chi connectivity index (χ3v) is 3.74. The molecule has 1 aliphatic rings. The van der Waals surface area contributed by atoms with E-state index in [9.17, 15) is 4.79 Å². The summed E-state index contributed by atoms with van der Waals surface area (Å²) in [5.41, 5.74) is 0.528. The fraction of sp³-hybridized carbons (Fsp3) is 0.316. The van der Waals surface area contributed by atoms with E-state index in [4.69, 9.17) is 18.9 Å². The van der Waals surface area contributed by atoms with E-state index in [-0.39, 0.29) is 11.9 Å². The Morgan fingerprint density at radius 1 is 1.08 bits per heavy atom. The molecule has 0 saturated heterocycles. The largest absolute Gasteiger partial charge is 0.497 e. The van der Waals surface area contributed by atoms with Gasteiger partial charge < -0.3 is 24.3 Å². The van der Waals surface area contributed by atoms with Crippen molar-refractivity contribution in [1.82, 2.24) is 5.32 Å². The van der Waals surface area contributed by atoms with Gasteiger partial charge in [-0.15, -0.1) is 0 Å². The van der Waals surface area contributed by atoms with Crippen LogP contribution in [-0.2, 0) is 0 Å². The van der Waals surface area contributed by atoms with Crippen molar-refractivity contribution >= 4 is 5.91 Å². The fourth-order valence-corrected chi connectivity index (χ4v) is 2.43. The maximum absolute atomic E-state index is 12.4. The van der Waals surface area contributed by atoms with Crippen LogP contribution >= 0.6 is 0 Å². The lowest BCUT2D eigenvalue weighted by Crippen LogP contribution is -2.36. The van der Waals surface area contributed by atoms with E-state index in [2.05, 4.69) is 5.32 Å². The topological polar surface area (TPSA) is 66.0 Å². The van der Waals surface area contributed by atoms with Gasteiger partial charge in [-0.3, -0.25) is 4.79 Å². The lowest BCUT2D eigenvalue weighted by molar-refractivity contribution is 0.0925. The Morgan fingerprint density at radius 3 is 2.48 bits per heavy atom. The van der Waals surface area contributed by atoms with Gasteiger partial charge in [0.1, 0.15) is 31.3 Å². The molecule has 0 fully saturated rings. The van der Waals surface area contributed by atoms with Gasteiger partial charge in [-0.25, -0.2) is 0 Å². The number of fused-ring (bicyclic) bond motifs is 1. The molecule has 6 nitrogen and oxygen atoms in total. The average Bonchev–Trinajstić information content (AvgIpc) is 2.66. The molecule has 3 rings (SSSR count). The third kappa shape index (κ3) is 4.35. The SMILES string of the molecule is COc1ccc(OC[C@H](C)NC(=O)c2ccc3c(c2)OCCO3)cc1. The van der Waals surface area contributed by atoms with E-state index < -0.39 is 0 Å². The van der Waals surface area contributed by atoms with Crippen LogP contribution in [0, 0.1) is 0 Å². The summed E-state index contributed by atoms with van der Waals surface area (Å²) in [5.74, 6) is 2.58. The van der Waals surface area contributed by atoms with Crippen LogP contribution in [-0.4, -0.2) is 38.9 Å². The number of ether oxygens (including phenoxy) is 4. The van der Waals surface area contributed by atoms with Gasteiger partial charge in [0.25, 0.3) is 5.91 Å². The number of methoxy groups -OCH3 is 1. The molecule has 1 amide bonds. The molecule has 0 saturated carbocycles. The number of benzene rings is 2. The maximum Gasteiger partial charge on any atom is 0.251 e. The second kappa shape index (κ2) is 7.79. The van der Waals surface area contributed by atoms with Crippen LogP contribution in [0.4, 0.5) is 0 Å². The quantitative estimate of drug-likeness (QED) is 0.873. The summed E-state index contributed by atoms with van der Waals surface area (Å²) in [6.07, 6.45) is 0. The molecule has 0 bridgehead atoms. The van der Waals surface area contributed by atoms with Crippen LogP contribution < -0.4 is 24.3 Å². The standard InChI is InChI=1S/C19H21NO5/c1-13(12-25-16-6-4-15(22-2)5-7-16)20-19(21)14-3-8-17-18(11-14)24-10-9-23-17/h3-8,11,13H,9-10,12H2,1-2H3,(H,20,21)/t13-/m0/s1. The van der Waals surface area contributed by atoms with Gasteiger partial charge in [-0.2, -0.15) is 0 Å². The van der Waals surface area contributed by atoms with Crippen LogP contribution in [0.1, 0.15) is 17.3 Å². The Hall–Kier alpha value is -2.89. The van der Waals surface area contributed by atoms with Crippen molar-refractivity contribution in [3.05, 3.63) is 48.0 Å². The zero-order valence-corrected chi connectivity index (χ0v) is 14.3. The highest BCUT2D eigenvalue weighted by Crippen LogP contribution is 2.30. The van der Waals surface area contributed by atoms with Crippen LogP contribution in [0.15, 0.2) is 42.5 Å². The maximum atomic E-state index is 12.4. The van der Waals surface area contributed by atoms with Gasteiger partial charge in [-0.05, 0) is 49.4 Å². The van der Waals surface area contributed by atoms with Crippen LogP contribution in [0.5, 0.6) is 23.0 Å². The first kappa shape index (κ1) is 17.0. The second-order valence-electron chi connectivity index (χ2n) is 5.72. The van der Waals surface area contributed by atoms with Crippen molar-refractivity contribution < 1.29 is 23.7 Å². The average molecular weight is 343 g/mol. The molecule has 1 N–H and O–H groups in total. The summed E-state index contributed by atoms with van der Waals surface area (Å²) in [6, 6.07) is 12.3. The minimum absolute atomic E-state index is 0.150. The molecule has 0 radical (unpaired) electrons. The monoisotopic (exact) mass is 343 g/mol. The molecule has 0 unspecified atom stereocenters. The van der Waals surface area contributed by atoms with Crippen LogP contribution in [0.25, 0.3) is 0 Å². The van der Waals surface area contributed by atoms with Gasteiger partial charge in [0, 0.05) is 5.56 Å². The summed E-state index contributed by atoms with van der Waals surface area (Å²) in [6.45, 7) is 3.27. The highest BCUT2D eigenvalue weighted by Gasteiger charge is 2.16. The number of carbonyl (C=O) groups is 1. The first-order chi connectivity index (χ1) is 12.2. The van der Waals surface area contributed by atoms with Gasteiger partial charge in [-0.1, -0.05) is 0 Å². The Balaban J connectivity index is 1.53. The van der Waals surface area contributed by atoms with Crippen LogP contribution in [0.3, 0.4) is 0 Å². The van der Waals surface area contributed by atoms with Crippen molar-refractivity contribution in [2.24, 2.45) is 0 Å². The summed E-state index contributed by atoms with van der Waals surface area (Å²) in [7, 11) is 1.62. The summed E-state index contributed by atoms with van der Waals surface area (Å²) < 4.78 is 21.7. The summed E-state index contributed by atoms with van der Waals surface area (Å²) in [5, 5.41) is 2.91. The van der Waals surface area contributed by atoms with Crippen molar-refractivity contribution in [2.75, 3.05) is 26.9 Å². The van der Waals surface area contributed by atoms with Gasteiger partial charge in [0.15, 0.2) is 11.5 Å². The molecule has 132 valence electrons. The third-order valence-electron chi connectivity index (χ3n) is 3.74. The lowest BCUT2D eigenvalue weighted by Gasteiger charge is -2.19. The number of carbonyl (C=O) groups excluding carboxylic acids is 1. The first-order valence-electron chi connectivity index (χ1n) is 8.13. The minimum Gasteiger partial charge on any atom is -0.497 e. The van der Waals surface area contributed by atoms with Crippen molar-refractivity contribution in [3.8, 4) is 23.0 Å². The van der Waals surface area contributed by atoms with E-state index in [1.807, 2.05) is 31.2 Å². The highest BCUT2D eigenvalue weighted by atomic mass is 16.6. The molecule has 0 spiro atoms. The van der Waals surface area contributed by atoms with Crippen molar-refractivity contribution in [2.45, 2.75) is 13.0 Å². The van der Waals surface area contributed by atoms with Crippen molar-refractivity contribution in [3.63, 3.8) is 0 Å². The van der Waals surface area contributed by atoms with E-state index >= 15 is 0 Å². The predicted molar refractivity (Wildman–Crippen MR) is 92.8 cm³/mol. The van der Waals surface area contributed by atoms with Crippen LogP contribution in [0.2, 0.25) is 0 Å². The second-order valence-corrected chi connectivity index (χ2v) is 5.72. The van der Waals surface area contributed by atoms with Gasteiger partial charge in [0.05, 0.1) is 13.2 Å². The number of hydrogen-bond donors (Lipinski definition) is 1. The van der Waals surface area contributed by atoms with Gasteiger partial charge >= 0.3 is 0 Å². The molecule has 1 heterocycles. The molecular weight excluding hydrogens is 322 g/mol. The predicted octanol–water partition coefficient (Wildman–Crippen LogP) is 2.66. The number of rotatable bonds is 6. The molecule has 2 aromatic carbocycles. The van der Waals surface area contributed by atoms with E-state index in [0.717, 1.165) is 11.5 Å². The molecule has 0 aromatic heterocycles. The van der Waals surface area contributed by atoms with E-state index in [1.165, 1.54) is 0 Å². The number of hydrogen-bond acceptors (Lipinski definition) is 5. The van der Waals surface area contributed by atoms with E-state index in [1.54, 1.807) is 25.3 Å². The Morgan fingerprint density at radius 2 is 1.76 bits per heavy atom. The molecule has 2 aromatic rings. The number of nitrogens with one attached hydrogen (secondary N) is 1. The molecule has 1 atom stereocenters.